The molecule has 0 amide bonds. The van der Waals surface area contributed by atoms with E-state index in [9.17, 15) is 14.7 Å². The average molecular weight is 443 g/mol. The number of ether oxygens (including phenoxy) is 1. The van der Waals surface area contributed by atoms with Gasteiger partial charge in [-0.15, -0.1) is 0 Å². The van der Waals surface area contributed by atoms with E-state index in [-0.39, 0.29) is 24.8 Å². The van der Waals surface area contributed by atoms with Crippen LogP contribution in [0.2, 0.25) is 0 Å². The van der Waals surface area contributed by atoms with Crippen LogP contribution < -0.4 is 10.9 Å². The molecular weight excluding hydrogens is 409 g/mol. The van der Waals surface area contributed by atoms with E-state index in [0.29, 0.717) is 28.7 Å². The van der Waals surface area contributed by atoms with Crippen LogP contribution in [0.4, 0.5) is 0 Å². The van der Waals surface area contributed by atoms with Gasteiger partial charge in [-0.3, -0.25) is 4.79 Å². The summed E-state index contributed by atoms with van der Waals surface area (Å²) in [6.07, 6.45) is 2.20. The van der Waals surface area contributed by atoms with E-state index in [0.717, 1.165) is 0 Å². The monoisotopic (exact) mass is 443 g/mol. The molecule has 1 aliphatic rings. The number of pyridine rings is 1. The van der Waals surface area contributed by atoms with Crippen LogP contribution in [-0.2, 0) is 14.0 Å². The zero-order valence-corrected chi connectivity index (χ0v) is 20.1. The standard InChI is InChI=1S/C24H34BNO6/c1-8-30-22(29)19-13-26(17(14-27)11-15(2)3)20-10-9-16(12-18(20)21(19)28)25-31-23(4,5)24(6,7)32-25/h9-10,12-13,15,17,27H,8,11,14H2,1-7H3. The number of benzene rings is 1. The Kier molecular flexibility index (Phi) is 6.89. The number of carbonyl (C=O) groups is 1. The number of rotatable bonds is 7. The fourth-order valence-corrected chi connectivity index (χ4v) is 3.98. The first-order valence-electron chi connectivity index (χ1n) is 11.2. The Morgan fingerprint density at radius 3 is 2.34 bits per heavy atom. The highest BCUT2D eigenvalue weighted by Crippen LogP contribution is 2.36. The second-order valence-corrected chi connectivity index (χ2v) is 9.83. The summed E-state index contributed by atoms with van der Waals surface area (Å²) >= 11 is 0. The number of esters is 1. The van der Waals surface area contributed by atoms with Crippen molar-refractivity contribution in [2.24, 2.45) is 5.92 Å². The molecule has 8 heteroatoms. The van der Waals surface area contributed by atoms with Gasteiger partial charge in [0.1, 0.15) is 5.56 Å². The third-order valence-corrected chi connectivity index (χ3v) is 6.42. The molecule has 1 N–H and O–H groups in total. The van der Waals surface area contributed by atoms with Crippen LogP contribution in [0.3, 0.4) is 0 Å². The Morgan fingerprint density at radius 2 is 1.81 bits per heavy atom. The summed E-state index contributed by atoms with van der Waals surface area (Å²) in [4.78, 5) is 25.9. The zero-order valence-electron chi connectivity index (χ0n) is 20.1. The second kappa shape index (κ2) is 9.00. The van der Waals surface area contributed by atoms with Gasteiger partial charge < -0.3 is 23.7 Å². The average Bonchev–Trinajstić information content (AvgIpc) is 2.93. The van der Waals surface area contributed by atoms with Gasteiger partial charge in [-0.05, 0) is 64.6 Å². The zero-order chi connectivity index (χ0) is 23.8. The highest BCUT2D eigenvalue weighted by molar-refractivity contribution is 6.62. The highest BCUT2D eigenvalue weighted by atomic mass is 16.7. The quantitative estimate of drug-likeness (QED) is 0.523. The van der Waals surface area contributed by atoms with Crippen molar-refractivity contribution in [3.8, 4) is 0 Å². The number of hydrogen-bond acceptors (Lipinski definition) is 6. The molecule has 1 fully saturated rings. The van der Waals surface area contributed by atoms with Crippen molar-refractivity contribution in [3.63, 3.8) is 0 Å². The molecule has 3 rings (SSSR count). The lowest BCUT2D eigenvalue weighted by atomic mass is 9.78. The van der Waals surface area contributed by atoms with Crippen LogP contribution in [0.1, 0.15) is 71.3 Å². The SMILES string of the molecule is CCOC(=O)c1cn(C(CO)CC(C)C)c2ccc(B3OC(C)(C)C(C)(C)O3)cc2c1=O. The summed E-state index contributed by atoms with van der Waals surface area (Å²) in [6, 6.07) is 5.14. The predicted octanol–water partition coefficient (Wildman–Crippen LogP) is 3.06. The van der Waals surface area contributed by atoms with Crippen molar-refractivity contribution in [2.45, 2.75) is 72.1 Å². The van der Waals surface area contributed by atoms with Crippen LogP contribution in [0.25, 0.3) is 10.9 Å². The Morgan fingerprint density at radius 1 is 1.19 bits per heavy atom. The summed E-state index contributed by atoms with van der Waals surface area (Å²) in [6.45, 7) is 13.8. The maximum absolute atomic E-state index is 13.3. The Bertz CT molecular complexity index is 1040. The molecule has 1 aromatic heterocycles. The van der Waals surface area contributed by atoms with Gasteiger partial charge in [0.05, 0.1) is 36.0 Å². The Hall–Kier alpha value is -2.16. The maximum atomic E-state index is 13.3. The van der Waals surface area contributed by atoms with Crippen molar-refractivity contribution < 1.29 is 23.9 Å². The Labute approximate surface area is 189 Å². The van der Waals surface area contributed by atoms with E-state index in [1.54, 1.807) is 13.0 Å². The number of carbonyl (C=O) groups excluding carboxylic acids is 1. The summed E-state index contributed by atoms with van der Waals surface area (Å²) < 4.78 is 19.2. The van der Waals surface area contributed by atoms with Crippen LogP contribution in [0.15, 0.2) is 29.2 Å². The fraction of sp³-hybridized carbons (Fsp3) is 0.583. The summed E-state index contributed by atoms with van der Waals surface area (Å²) in [7, 11) is -0.632. The van der Waals surface area contributed by atoms with E-state index < -0.39 is 29.7 Å². The van der Waals surface area contributed by atoms with Gasteiger partial charge in [0, 0.05) is 11.6 Å². The lowest BCUT2D eigenvalue weighted by molar-refractivity contribution is 0.00578. The van der Waals surface area contributed by atoms with E-state index in [2.05, 4.69) is 13.8 Å². The lowest BCUT2D eigenvalue weighted by Gasteiger charge is -2.32. The van der Waals surface area contributed by atoms with Crippen molar-refractivity contribution in [3.05, 3.63) is 40.2 Å². The number of hydrogen-bond donors (Lipinski definition) is 1. The molecule has 1 unspecified atom stereocenters. The van der Waals surface area contributed by atoms with Crippen LogP contribution in [-0.4, -0.2) is 47.2 Å². The third-order valence-electron chi connectivity index (χ3n) is 6.42. The summed E-state index contributed by atoms with van der Waals surface area (Å²) in [5.74, 6) is -0.355. The molecular formula is C24H34BNO6. The van der Waals surface area contributed by atoms with Crippen molar-refractivity contribution in [1.82, 2.24) is 4.57 Å². The van der Waals surface area contributed by atoms with E-state index in [1.807, 2.05) is 44.4 Å². The third kappa shape index (κ3) is 4.49. The molecule has 1 aliphatic heterocycles. The minimum Gasteiger partial charge on any atom is -0.462 e. The molecule has 32 heavy (non-hydrogen) atoms. The molecule has 0 radical (unpaired) electrons. The fourth-order valence-electron chi connectivity index (χ4n) is 3.98. The molecule has 2 aromatic rings. The first kappa shape index (κ1) is 24.5. The minimum absolute atomic E-state index is 0.0485. The van der Waals surface area contributed by atoms with Crippen molar-refractivity contribution in [2.75, 3.05) is 13.2 Å². The lowest BCUT2D eigenvalue weighted by Crippen LogP contribution is -2.41. The van der Waals surface area contributed by atoms with E-state index >= 15 is 0 Å². The van der Waals surface area contributed by atoms with E-state index in [4.69, 9.17) is 14.0 Å². The first-order chi connectivity index (χ1) is 14.9. The van der Waals surface area contributed by atoms with Gasteiger partial charge >= 0.3 is 13.1 Å². The first-order valence-corrected chi connectivity index (χ1v) is 11.2. The summed E-state index contributed by atoms with van der Waals surface area (Å²) in [5, 5.41) is 10.4. The van der Waals surface area contributed by atoms with Crippen molar-refractivity contribution in [1.29, 1.82) is 0 Å². The normalized spacial score (nSPS) is 18.3. The second-order valence-electron chi connectivity index (χ2n) is 9.83. The molecule has 1 aromatic carbocycles. The number of aliphatic hydroxyl groups excluding tert-OH is 1. The van der Waals surface area contributed by atoms with E-state index in [1.165, 1.54) is 6.20 Å². The minimum atomic E-state index is -0.671. The van der Waals surface area contributed by atoms with Gasteiger partial charge in [0.15, 0.2) is 0 Å². The number of nitrogens with zero attached hydrogens (tertiary/aromatic N) is 1. The highest BCUT2D eigenvalue weighted by Gasteiger charge is 2.51. The molecule has 174 valence electrons. The van der Waals surface area contributed by atoms with Crippen LogP contribution in [0.5, 0.6) is 0 Å². The molecule has 1 saturated heterocycles. The van der Waals surface area contributed by atoms with Gasteiger partial charge in [-0.25, -0.2) is 4.79 Å². The molecule has 1 atom stereocenters. The Balaban J connectivity index is 2.19. The molecule has 7 nitrogen and oxygen atoms in total. The number of aromatic nitrogens is 1. The maximum Gasteiger partial charge on any atom is 0.494 e. The predicted molar refractivity (Wildman–Crippen MR) is 125 cm³/mol. The van der Waals surface area contributed by atoms with Gasteiger partial charge in [0.2, 0.25) is 5.43 Å². The smallest absolute Gasteiger partial charge is 0.462 e. The van der Waals surface area contributed by atoms with Crippen LogP contribution >= 0.6 is 0 Å². The molecule has 2 heterocycles. The molecule has 0 saturated carbocycles. The molecule has 0 aliphatic carbocycles. The van der Waals surface area contributed by atoms with Crippen LogP contribution in [0, 0.1) is 5.92 Å². The molecule has 0 spiro atoms. The molecule has 0 bridgehead atoms. The van der Waals surface area contributed by atoms with Gasteiger partial charge in [-0.1, -0.05) is 19.9 Å². The number of aliphatic hydroxyl groups is 1. The number of fused-ring (bicyclic) bond motifs is 1. The van der Waals surface area contributed by atoms with Gasteiger partial charge in [0.25, 0.3) is 0 Å². The van der Waals surface area contributed by atoms with Gasteiger partial charge in [-0.2, -0.15) is 0 Å². The topological polar surface area (TPSA) is 87.0 Å². The van der Waals surface area contributed by atoms with Crippen molar-refractivity contribution >= 4 is 29.5 Å². The largest absolute Gasteiger partial charge is 0.494 e. The summed E-state index contributed by atoms with van der Waals surface area (Å²) in [5.41, 5.74) is -0.146.